The third kappa shape index (κ3) is 2.84. The molecule has 0 spiro atoms. The standard InChI is InChI=1S/C15H20N2O2/c1-3-12(11-8-6-5-7-9-11)16-13-10-14(18)17(4-2)15(13)19/h5-9,12-13,16H,3-4,10H2,1-2H3. The number of amides is 2. The van der Waals surface area contributed by atoms with E-state index in [2.05, 4.69) is 12.2 Å². The highest BCUT2D eigenvalue weighted by atomic mass is 16.2. The van der Waals surface area contributed by atoms with Crippen LogP contribution < -0.4 is 5.32 Å². The van der Waals surface area contributed by atoms with Crippen LogP contribution in [0.5, 0.6) is 0 Å². The third-order valence-electron chi connectivity index (χ3n) is 3.57. The van der Waals surface area contributed by atoms with E-state index in [9.17, 15) is 9.59 Å². The first kappa shape index (κ1) is 13.7. The van der Waals surface area contributed by atoms with Gasteiger partial charge in [0.05, 0.1) is 12.5 Å². The molecule has 2 atom stereocenters. The Kier molecular flexibility index (Phi) is 4.32. The van der Waals surface area contributed by atoms with Crippen LogP contribution in [0.3, 0.4) is 0 Å². The van der Waals surface area contributed by atoms with Gasteiger partial charge in [-0.3, -0.25) is 19.8 Å². The number of likely N-dealkylation sites (tertiary alicyclic amines) is 1. The van der Waals surface area contributed by atoms with Crippen molar-refractivity contribution in [3.8, 4) is 0 Å². The first-order valence-electron chi connectivity index (χ1n) is 6.82. The summed E-state index contributed by atoms with van der Waals surface area (Å²) in [6.07, 6.45) is 1.16. The monoisotopic (exact) mass is 260 g/mol. The van der Waals surface area contributed by atoms with Crippen LogP contribution in [-0.4, -0.2) is 29.3 Å². The van der Waals surface area contributed by atoms with Gasteiger partial charge in [-0.1, -0.05) is 37.3 Å². The normalized spacial score (nSPS) is 20.9. The molecule has 0 aromatic heterocycles. The minimum absolute atomic E-state index is 0.0760. The van der Waals surface area contributed by atoms with Gasteiger partial charge in [-0.05, 0) is 18.9 Å². The van der Waals surface area contributed by atoms with Crippen molar-refractivity contribution in [2.24, 2.45) is 0 Å². The number of carbonyl (C=O) groups is 2. The molecule has 1 fully saturated rings. The van der Waals surface area contributed by atoms with Gasteiger partial charge >= 0.3 is 0 Å². The van der Waals surface area contributed by atoms with Gasteiger partial charge in [0, 0.05) is 12.6 Å². The van der Waals surface area contributed by atoms with Crippen molar-refractivity contribution in [2.45, 2.75) is 38.8 Å². The van der Waals surface area contributed by atoms with E-state index < -0.39 is 0 Å². The van der Waals surface area contributed by atoms with Crippen molar-refractivity contribution >= 4 is 11.8 Å². The van der Waals surface area contributed by atoms with Crippen molar-refractivity contribution in [1.29, 1.82) is 0 Å². The van der Waals surface area contributed by atoms with Gasteiger partial charge in [-0.15, -0.1) is 0 Å². The Bertz CT molecular complexity index is 458. The molecule has 1 saturated heterocycles. The molecule has 0 bridgehead atoms. The molecule has 1 N–H and O–H groups in total. The van der Waals surface area contributed by atoms with Crippen LogP contribution in [0.25, 0.3) is 0 Å². The number of likely N-dealkylation sites (N-methyl/N-ethyl adjacent to an activating group) is 1. The number of hydrogen-bond acceptors (Lipinski definition) is 3. The van der Waals surface area contributed by atoms with Crippen molar-refractivity contribution in [3.63, 3.8) is 0 Å². The van der Waals surface area contributed by atoms with Gasteiger partial charge in [-0.2, -0.15) is 0 Å². The summed E-state index contributed by atoms with van der Waals surface area (Å²) in [5.74, 6) is -0.171. The summed E-state index contributed by atoms with van der Waals surface area (Å²) in [6, 6.07) is 9.76. The summed E-state index contributed by atoms with van der Waals surface area (Å²) >= 11 is 0. The maximum atomic E-state index is 12.1. The maximum Gasteiger partial charge on any atom is 0.246 e. The van der Waals surface area contributed by atoms with Crippen molar-refractivity contribution < 1.29 is 9.59 Å². The molecule has 2 unspecified atom stereocenters. The average molecular weight is 260 g/mol. The van der Waals surface area contributed by atoms with E-state index in [1.165, 1.54) is 4.90 Å². The highest BCUT2D eigenvalue weighted by molar-refractivity contribution is 6.05. The zero-order valence-electron chi connectivity index (χ0n) is 11.4. The average Bonchev–Trinajstić information content (AvgIpc) is 2.71. The highest BCUT2D eigenvalue weighted by Gasteiger charge is 2.38. The van der Waals surface area contributed by atoms with Crippen LogP contribution in [0, 0.1) is 0 Å². The van der Waals surface area contributed by atoms with Gasteiger partial charge in [-0.25, -0.2) is 0 Å². The number of hydrogen-bond donors (Lipinski definition) is 1. The molecule has 0 radical (unpaired) electrons. The van der Waals surface area contributed by atoms with Gasteiger partial charge < -0.3 is 0 Å². The number of carbonyl (C=O) groups excluding carboxylic acids is 2. The lowest BCUT2D eigenvalue weighted by Gasteiger charge is -2.21. The Morgan fingerprint density at radius 3 is 2.47 bits per heavy atom. The smallest absolute Gasteiger partial charge is 0.246 e. The molecule has 19 heavy (non-hydrogen) atoms. The third-order valence-corrected chi connectivity index (χ3v) is 3.57. The summed E-state index contributed by atoms with van der Waals surface area (Å²) < 4.78 is 0. The lowest BCUT2D eigenvalue weighted by Crippen LogP contribution is -2.40. The predicted molar refractivity (Wildman–Crippen MR) is 73.4 cm³/mol. The fraction of sp³-hybridized carbons (Fsp3) is 0.467. The van der Waals surface area contributed by atoms with Crippen LogP contribution >= 0.6 is 0 Å². The minimum atomic E-state index is -0.377. The van der Waals surface area contributed by atoms with Gasteiger partial charge in [0.2, 0.25) is 11.8 Å². The fourth-order valence-corrected chi connectivity index (χ4v) is 2.52. The van der Waals surface area contributed by atoms with E-state index >= 15 is 0 Å². The molecule has 102 valence electrons. The Morgan fingerprint density at radius 1 is 1.26 bits per heavy atom. The second-order valence-electron chi connectivity index (χ2n) is 4.77. The maximum absolute atomic E-state index is 12.1. The Balaban J connectivity index is 2.08. The van der Waals surface area contributed by atoms with Crippen LogP contribution in [0.4, 0.5) is 0 Å². The molecule has 4 nitrogen and oxygen atoms in total. The van der Waals surface area contributed by atoms with Gasteiger partial charge in [0.25, 0.3) is 0 Å². The van der Waals surface area contributed by atoms with Crippen molar-refractivity contribution in [2.75, 3.05) is 6.54 Å². The number of benzene rings is 1. The van der Waals surface area contributed by atoms with E-state index in [0.29, 0.717) is 6.54 Å². The predicted octanol–water partition coefficient (Wildman–Crippen LogP) is 1.87. The molecule has 1 aliphatic rings. The molecule has 1 aromatic rings. The quantitative estimate of drug-likeness (QED) is 0.822. The number of nitrogens with zero attached hydrogens (tertiary/aromatic N) is 1. The summed E-state index contributed by atoms with van der Waals surface area (Å²) in [4.78, 5) is 25.1. The fourth-order valence-electron chi connectivity index (χ4n) is 2.52. The molecule has 4 heteroatoms. The van der Waals surface area contributed by atoms with E-state index in [-0.39, 0.29) is 30.3 Å². The van der Waals surface area contributed by atoms with Gasteiger partial charge in [0.1, 0.15) is 0 Å². The lowest BCUT2D eigenvalue weighted by atomic mass is 10.0. The summed E-state index contributed by atoms with van der Waals surface area (Å²) in [5, 5.41) is 3.31. The van der Waals surface area contributed by atoms with E-state index in [1.807, 2.05) is 37.3 Å². The summed E-state index contributed by atoms with van der Waals surface area (Å²) in [5.41, 5.74) is 1.15. The zero-order chi connectivity index (χ0) is 13.8. The lowest BCUT2D eigenvalue weighted by molar-refractivity contribution is -0.138. The largest absolute Gasteiger partial charge is 0.299 e. The molecule has 2 amide bonds. The summed E-state index contributed by atoms with van der Waals surface area (Å²) in [7, 11) is 0. The molecule has 2 rings (SSSR count). The first-order chi connectivity index (χ1) is 9.17. The second-order valence-corrected chi connectivity index (χ2v) is 4.77. The van der Waals surface area contributed by atoms with Crippen LogP contribution in [0.1, 0.15) is 38.3 Å². The van der Waals surface area contributed by atoms with E-state index in [4.69, 9.17) is 0 Å². The van der Waals surface area contributed by atoms with Crippen LogP contribution in [0.15, 0.2) is 30.3 Å². The molecule has 0 aliphatic carbocycles. The zero-order valence-corrected chi connectivity index (χ0v) is 11.4. The van der Waals surface area contributed by atoms with Crippen molar-refractivity contribution in [3.05, 3.63) is 35.9 Å². The molecule has 1 aromatic carbocycles. The molecular formula is C15H20N2O2. The van der Waals surface area contributed by atoms with Crippen LogP contribution in [-0.2, 0) is 9.59 Å². The molecule has 1 aliphatic heterocycles. The number of nitrogens with one attached hydrogen (secondary N) is 1. The Hall–Kier alpha value is -1.68. The Labute approximate surface area is 113 Å². The second kappa shape index (κ2) is 5.97. The SMILES string of the molecule is CCC(NC1CC(=O)N(CC)C1=O)c1ccccc1. The summed E-state index contributed by atoms with van der Waals surface area (Å²) in [6.45, 7) is 4.36. The topological polar surface area (TPSA) is 49.4 Å². The van der Waals surface area contributed by atoms with Crippen LogP contribution in [0.2, 0.25) is 0 Å². The van der Waals surface area contributed by atoms with Crippen molar-refractivity contribution in [1.82, 2.24) is 10.2 Å². The van der Waals surface area contributed by atoms with E-state index in [1.54, 1.807) is 0 Å². The number of imide groups is 1. The first-order valence-corrected chi connectivity index (χ1v) is 6.82. The molecule has 1 heterocycles. The number of rotatable bonds is 5. The molecular weight excluding hydrogens is 240 g/mol. The molecule has 0 saturated carbocycles. The Morgan fingerprint density at radius 2 is 1.95 bits per heavy atom. The van der Waals surface area contributed by atoms with Gasteiger partial charge in [0.15, 0.2) is 0 Å². The van der Waals surface area contributed by atoms with E-state index in [0.717, 1.165) is 12.0 Å². The highest BCUT2D eigenvalue weighted by Crippen LogP contribution is 2.21. The minimum Gasteiger partial charge on any atom is -0.299 e.